The molecule has 8 nitrogen and oxygen atoms in total. The van der Waals surface area contributed by atoms with E-state index in [1.807, 2.05) is 21.1 Å². The molecule has 0 spiro atoms. The van der Waals surface area contributed by atoms with Gasteiger partial charge in [0.05, 0.1) is 34.4 Å². The third-order valence-corrected chi connectivity index (χ3v) is 9.20. The average Bonchev–Trinajstić information content (AvgIpc) is 3.04. The van der Waals surface area contributed by atoms with E-state index >= 15 is 0 Å². The van der Waals surface area contributed by atoms with Gasteiger partial charge in [-0.15, -0.1) is 0 Å². The Morgan fingerprint density at radius 3 is 1.76 bits per heavy atom. The summed E-state index contributed by atoms with van der Waals surface area (Å²) < 4.78 is 34.8. The van der Waals surface area contributed by atoms with E-state index in [0.29, 0.717) is 24.1 Å². The van der Waals surface area contributed by atoms with Crippen molar-refractivity contribution in [1.29, 1.82) is 0 Å². The fraction of sp³-hybridized carbons (Fsp3) is 0.825. The first kappa shape index (κ1) is 47.7. The minimum atomic E-state index is -4.27. The molecule has 49 heavy (non-hydrogen) atoms. The molecule has 2 atom stereocenters. The summed E-state index contributed by atoms with van der Waals surface area (Å²) >= 11 is 0. The van der Waals surface area contributed by atoms with Crippen LogP contribution in [0.5, 0.6) is 0 Å². The Morgan fingerprint density at radius 1 is 0.653 bits per heavy atom. The molecule has 0 fully saturated rings. The summed E-state index contributed by atoms with van der Waals surface area (Å²) in [7, 11) is 1.65. The number of hydrogen-bond donors (Lipinski definition) is 1. The van der Waals surface area contributed by atoms with E-state index in [1.54, 1.807) is 0 Å². The van der Waals surface area contributed by atoms with Crippen molar-refractivity contribution >= 4 is 13.8 Å². The Kier molecular flexibility index (Phi) is 33.0. The normalized spacial score (nSPS) is 14.3. The van der Waals surface area contributed by atoms with Crippen LogP contribution < -0.4 is 0 Å². The summed E-state index contributed by atoms with van der Waals surface area (Å²) in [4.78, 5) is 22.8. The van der Waals surface area contributed by atoms with Gasteiger partial charge in [-0.25, -0.2) is 4.57 Å². The number of phosphoric acid groups is 1. The Bertz CT molecular complexity index is 884. The smallest absolute Gasteiger partial charge is 0.457 e. The Balaban J connectivity index is 4.33. The Morgan fingerprint density at radius 2 is 1.18 bits per heavy atom. The number of unbranched alkanes of at least 4 members (excludes halogenated alkanes) is 16. The van der Waals surface area contributed by atoms with Crippen LogP contribution in [-0.2, 0) is 27.9 Å². The second-order valence-corrected chi connectivity index (χ2v) is 15.7. The molecule has 0 heterocycles. The van der Waals surface area contributed by atoms with Gasteiger partial charge < -0.3 is 18.9 Å². The van der Waals surface area contributed by atoms with Gasteiger partial charge in [0.25, 0.3) is 0 Å². The molecule has 9 heteroatoms. The average molecular weight is 715 g/mol. The van der Waals surface area contributed by atoms with Gasteiger partial charge in [-0.05, 0) is 44.9 Å². The number of nitrogens with zero attached hydrogens (tertiary/aromatic N) is 1. The fourth-order valence-electron chi connectivity index (χ4n) is 5.15. The summed E-state index contributed by atoms with van der Waals surface area (Å²) in [5.74, 6) is -0.342. The summed E-state index contributed by atoms with van der Waals surface area (Å²) in [6.07, 6.45) is 37.4. The van der Waals surface area contributed by atoms with Crippen molar-refractivity contribution in [2.45, 2.75) is 161 Å². The zero-order valence-electron chi connectivity index (χ0n) is 32.4. The molecule has 2 unspecified atom stereocenters. The number of likely N-dealkylation sites (N-methyl/N-ethyl adjacent to an activating group) is 1. The van der Waals surface area contributed by atoms with Crippen LogP contribution in [0.3, 0.4) is 0 Å². The number of carbonyl (C=O) groups excluding carboxylic acids is 1. The number of esters is 1. The van der Waals surface area contributed by atoms with Gasteiger partial charge in [-0.2, -0.15) is 0 Å². The molecular weight excluding hydrogens is 637 g/mol. The number of hydrogen-bond acceptors (Lipinski definition) is 6. The lowest BCUT2D eigenvalue weighted by molar-refractivity contribution is -0.870. The van der Waals surface area contributed by atoms with Crippen molar-refractivity contribution in [2.75, 3.05) is 54.1 Å². The van der Waals surface area contributed by atoms with Gasteiger partial charge in [-0.3, -0.25) is 13.8 Å². The highest BCUT2D eigenvalue weighted by molar-refractivity contribution is 7.47. The molecule has 288 valence electrons. The van der Waals surface area contributed by atoms with E-state index < -0.39 is 13.9 Å². The highest BCUT2D eigenvalue weighted by Gasteiger charge is 2.26. The zero-order chi connectivity index (χ0) is 36.3. The quantitative estimate of drug-likeness (QED) is 0.0227. The molecule has 0 amide bonds. The number of allylic oxidation sites excluding steroid dienone is 6. The van der Waals surface area contributed by atoms with E-state index in [4.69, 9.17) is 18.5 Å². The molecular formula is C40H77NO7P+. The summed E-state index contributed by atoms with van der Waals surface area (Å²) in [6.45, 7) is 5.47. The lowest BCUT2D eigenvalue weighted by Crippen LogP contribution is -2.37. The molecule has 0 saturated heterocycles. The molecule has 0 aliphatic carbocycles. The summed E-state index contributed by atoms with van der Waals surface area (Å²) in [5.41, 5.74) is 0. The van der Waals surface area contributed by atoms with E-state index in [2.05, 4.69) is 50.3 Å². The maximum Gasteiger partial charge on any atom is 0.472 e. The van der Waals surface area contributed by atoms with E-state index in [0.717, 1.165) is 57.8 Å². The molecule has 1 N–H and O–H groups in total. The monoisotopic (exact) mass is 715 g/mol. The molecule has 0 aliphatic heterocycles. The van der Waals surface area contributed by atoms with Crippen molar-refractivity contribution in [3.63, 3.8) is 0 Å². The highest BCUT2D eigenvalue weighted by atomic mass is 31.2. The number of carbonyl (C=O) groups is 1. The minimum Gasteiger partial charge on any atom is -0.457 e. The van der Waals surface area contributed by atoms with Gasteiger partial charge in [-0.1, -0.05) is 140 Å². The molecule has 0 aliphatic rings. The standard InChI is InChI=1S/C40H76NO7P/c1-6-8-10-12-14-16-18-20-22-24-26-28-30-32-35-45-37-39(38-47-49(43,44)46-36-34-41(3,4)5)48-40(42)33-31-29-27-25-23-21-19-17-15-13-11-9-7-2/h9,11,15,17,21,23,39H,6-8,10,12-14,16,18-20,22,24-38H2,1-5H3/p+1/b11-9-,17-15-,23-21-. The summed E-state index contributed by atoms with van der Waals surface area (Å²) in [6, 6.07) is 0. The Hall–Kier alpha value is -1.28. The van der Waals surface area contributed by atoms with Gasteiger partial charge in [0.1, 0.15) is 19.3 Å². The number of ether oxygens (including phenoxy) is 2. The predicted molar refractivity (Wildman–Crippen MR) is 206 cm³/mol. The molecule has 0 radical (unpaired) electrons. The van der Waals surface area contributed by atoms with Crippen molar-refractivity contribution < 1.29 is 37.3 Å². The molecule has 0 aromatic rings. The van der Waals surface area contributed by atoms with Crippen molar-refractivity contribution in [1.82, 2.24) is 0 Å². The number of phosphoric ester groups is 1. The molecule has 0 rings (SSSR count). The molecule has 0 aromatic heterocycles. The van der Waals surface area contributed by atoms with Gasteiger partial charge in [0, 0.05) is 13.0 Å². The molecule has 0 aromatic carbocycles. The third kappa shape index (κ3) is 37.8. The van der Waals surface area contributed by atoms with E-state index in [-0.39, 0.29) is 25.8 Å². The number of quaternary nitrogens is 1. The SMILES string of the molecule is CC/C=C\C/C=C\C/C=C\CCCCCC(=O)OC(COCCCCCCCCCCCCCCCC)COP(=O)(O)OCC[N+](C)(C)C. The highest BCUT2D eigenvalue weighted by Crippen LogP contribution is 2.43. The van der Waals surface area contributed by atoms with Crippen LogP contribution >= 0.6 is 7.82 Å². The second-order valence-electron chi connectivity index (χ2n) is 14.3. The zero-order valence-corrected chi connectivity index (χ0v) is 33.3. The van der Waals surface area contributed by atoms with Crippen LogP contribution in [0.2, 0.25) is 0 Å². The molecule has 0 saturated carbocycles. The van der Waals surface area contributed by atoms with Gasteiger partial charge in [0.15, 0.2) is 0 Å². The number of rotatable bonds is 36. The second kappa shape index (κ2) is 33.8. The topological polar surface area (TPSA) is 91.3 Å². The van der Waals surface area contributed by atoms with E-state index in [1.165, 1.54) is 77.0 Å². The van der Waals surface area contributed by atoms with Crippen LogP contribution in [0.25, 0.3) is 0 Å². The first-order valence-corrected chi connectivity index (χ1v) is 21.2. The molecule has 0 bridgehead atoms. The minimum absolute atomic E-state index is 0.0832. The lowest BCUT2D eigenvalue weighted by atomic mass is 10.0. The van der Waals surface area contributed by atoms with Crippen LogP contribution in [0.15, 0.2) is 36.5 Å². The maximum atomic E-state index is 12.6. The van der Waals surface area contributed by atoms with Crippen molar-refractivity contribution in [3.8, 4) is 0 Å². The Labute approximate surface area is 302 Å². The predicted octanol–water partition coefficient (Wildman–Crippen LogP) is 11.0. The summed E-state index contributed by atoms with van der Waals surface area (Å²) in [5, 5.41) is 0. The van der Waals surface area contributed by atoms with Crippen LogP contribution in [0.1, 0.15) is 155 Å². The fourth-order valence-corrected chi connectivity index (χ4v) is 5.90. The van der Waals surface area contributed by atoms with E-state index in [9.17, 15) is 14.3 Å². The van der Waals surface area contributed by atoms with Gasteiger partial charge in [0.2, 0.25) is 0 Å². The largest absolute Gasteiger partial charge is 0.472 e. The van der Waals surface area contributed by atoms with Crippen LogP contribution in [0.4, 0.5) is 0 Å². The lowest BCUT2D eigenvalue weighted by Gasteiger charge is -2.24. The van der Waals surface area contributed by atoms with Gasteiger partial charge >= 0.3 is 13.8 Å². The third-order valence-electron chi connectivity index (χ3n) is 8.22. The van der Waals surface area contributed by atoms with Crippen LogP contribution in [0, 0.1) is 0 Å². The first-order chi connectivity index (χ1) is 23.6. The van der Waals surface area contributed by atoms with Crippen LogP contribution in [-0.4, -0.2) is 75.6 Å². The van der Waals surface area contributed by atoms with Crippen molar-refractivity contribution in [3.05, 3.63) is 36.5 Å². The first-order valence-electron chi connectivity index (χ1n) is 19.7. The maximum absolute atomic E-state index is 12.6. The van der Waals surface area contributed by atoms with Crippen molar-refractivity contribution in [2.24, 2.45) is 0 Å².